The Hall–Kier alpha value is -1.63. The summed E-state index contributed by atoms with van der Waals surface area (Å²) in [7, 11) is 3.27. The van der Waals surface area contributed by atoms with Gasteiger partial charge in [0.1, 0.15) is 17.0 Å². The zero-order chi connectivity index (χ0) is 26.5. The van der Waals surface area contributed by atoms with Gasteiger partial charge in [-0.1, -0.05) is 27.0 Å². The highest BCUT2D eigenvalue weighted by Gasteiger charge is 2.31. The van der Waals surface area contributed by atoms with E-state index in [0.29, 0.717) is 11.7 Å². The van der Waals surface area contributed by atoms with Crippen molar-refractivity contribution in [2.75, 3.05) is 19.1 Å². The van der Waals surface area contributed by atoms with Gasteiger partial charge >= 0.3 is 5.20 Å². The van der Waals surface area contributed by atoms with Gasteiger partial charge in [0.15, 0.2) is 0 Å². The Morgan fingerprint density at radius 1 is 0.919 bits per heavy atom. The summed E-state index contributed by atoms with van der Waals surface area (Å²) in [5.74, 6) is 1.72. The summed E-state index contributed by atoms with van der Waals surface area (Å²) in [5, 5.41) is -2.72. The quantitative estimate of drug-likeness (QED) is 0.274. The monoisotopic (exact) mass is 613 g/mol. The van der Waals surface area contributed by atoms with Crippen LogP contribution < -0.4 is 14.4 Å². The SMILES string of the molecule is C.C.COc1cccc2c1CC(=O)N2C(C)C.COc1cccc2c1nc(Cl)n2C(C)C.O=P(Cl)(Cl)Cl. The summed E-state index contributed by atoms with van der Waals surface area (Å²) in [6.45, 7) is 8.19. The average molecular weight is 615 g/mol. The van der Waals surface area contributed by atoms with Crippen molar-refractivity contribution < 1.29 is 18.8 Å². The molecule has 4 rings (SSSR count). The Kier molecular flexibility index (Phi) is 14.4. The van der Waals surface area contributed by atoms with Crippen molar-refractivity contribution in [2.45, 2.75) is 61.1 Å². The third-order valence-electron chi connectivity index (χ3n) is 5.08. The number of amides is 1. The molecule has 0 atom stereocenters. The van der Waals surface area contributed by atoms with Gasteiger partial charge < -0.3 is 18.9 Å². The molecule has 1 amide bonds. The Morgan fingerprint density at radius 2 is 1.43 bits per heavy atom. The van der Waals surface area contributed by atoms with E-state index in [4.69, 9.17) is 21.1 Å². The van der Waals surface area contributed by atoms with Crippen LogP contribution in [0, 0.1) is 0 Å². The van der Waals surface area contributed by atoms with E-state index in [1.807, 2.05) is 59.7 Å². The fourth-order valence-corrected chi connectivity index (χ4v) is 4.18. The molecule has 37 heavy (non-hydrogen) atoms. The number of rotatable bonds is 4. The van der Waals surface area contributed by atoms with E-state index >= 15 is 0 Å². The van der Waals surface area contributed by atoms with E-state index in [1.54, 1.807) is 14.2 Å². The summed E-state index contributed by atoms with van der Waals surface area (Å²) in [6.07, 6.45) is 0.456. The lowest BCUT2D eigenvalue weighted by atomic mass is 10.1. The first-order valence-electron chi connectivity index (χ1n) is 10.7. The van der Waals surface area contributed by atoms with Crippen molar-refractivity contribution in [3.63, 3.8) is 0 Å². The lowest BCUT2D eigenvalue weighted by Gasteiger charge is -2.21. The summed E-state index contributed by atoms with van der Waals surface area (Å²) >= 11 is 19.9. The van der Waals surface area contributed by atoms with Gasteiger partial charge in [-0.15, -0.1) is 0 Å². The predicted octanol–water partition coefficient (Wildman–Crippen LogP) is 9.35. The highest BCUT2D eigenvalue weighted by molar-refractivity contribution is 8.24. The summed E-state index contributed by atoms with van der Waals surface area (Å²) in [6, 6.07) is 12.1. The molecule has 1 aliphatic heterocycles. The standard InChI is InChI=1S/C12H15NO2.C11H13ClN2O.2CH4.Cl3OP/c1-8(2)13-10-5-4-6-11(15-3)9(10)7-12(13)14;1-7(2)14-8-5-4-6-9(15-3)10(8)13-11(14)12;;;1-5(2,3)4/h4-6,8H,7H2,1-3H3;4-7H,1-3H3;2*1H4;. The summed E-state index contributed by atoms with van der Waals surface area (Å²) in [5.41, 5.74) is 3.83. The molecule has 0 aliphatic carbocycles. The van der Waals surface area contributed by atoms with Gasteiger partial charge in [0, 0.05) is 17.6 Å². The number of carbonyl (C=O) groups is 1. The topological polar surface area (TPSA) is 73.7 Å². The van der Waals surface area contributed by atoms with Crippen molar-refractivity contribution in [3.05, 3.63) is 47.2 Å². The molecule has 0 radical (unpaired) electrons. The van der Waals surface area contributed by atoms with Gasteiger partial charge in [-0.05, 0) is 97.3 Å². The van der Waals surface area contributed by atoms with E-state index in [2.05, 4.69) is 52.6 Å². The van der Waals surface area contributed by atoms with Crippen LogP contribution in [0.15, 0.2) is 36.4 Å². The second kappa shape index (κ2) is 15.1. The molecular formula is C25H36Cl4N3O4P. The minimum atomic E-state index is -3.22. The molecule has 12 heteroatoms. The number of nitrogens with zero attached hydrogens (tertiary/aromatic N) is 3. The Morgan fingerprint density at radius 3 is 1.92 bits per heavy atom. The Balaban J connectivity index is 0.000000569. The number of aromatic nitrogens is 2. The molecule has 0 saturated heterocycles. The highest BCUT2D eigenvalue weighted by atomic mass is 36.0. The van der Waals surface area contributed by atoms with Crippen LogP contribution in [0.2, 0.25) is 5.28 Å². The zero-order valence-electron chi connectivity index (χ0n) is 20.3. The second-order valence-corrected chi connectivity index (χ2v) is 15.0. The first kappa shape index (κ1) is 35.4. The third-order valence-corrected chi connectivity index (χ3v) is 5.34. The van der Waals surface area contributed by atoms with Crippen LogP contribution >= 0.6 is 50.5 Å². The molecule has 2 heterocycles. The molecule has 1 aliphatic rings. The predicted molar refractivity (Wildman–Crippen MR) is 160 cm³/mol. The van der Waals surface area contributed by atoms with Crippen molar-refractivity contribution >= 4 is 73.2 Å². The number of carbonyl (C=O) groups excluding carboxylic acids is 1. The Labute approximate surface area is 239 Å². The van der Waals surface area contributed by atoms with Gasteiger partial charge in [0.2, 0.25) is 11.2 Å². The molecular weight excluding hydrogens is 579 g/mol. The normalized spacial score (nSPS) is 12.1. The number of halogens is 4. The number of hydrogen-bond acceptors (Lipinski definition) is 5. The molecule has 1 aromatic heterocycles. The summed E-state index contributed by atoms with van der Waals surface area (Å²) < 4.78 is 22.0. The van der Waals surface area contributed by atoms with Crippen LogP contribution in [0.1, 0.15) is 54.2 Å². The van der Waals surface area contributed by atoms with Crippen molar-refractivity contribution in [1.29, 1.82) is 0 Å². The molecule has 208 valence electrons. The zero-order valence-corrected chi connectivity index (χ0v) is 24.2. The first-order valence-corrected chi connectivity index (χ1v) is 15.5. The van der Waals surface area contributed by atoms with E-state index in [9.17, 15) is 9.36 Å². The number of methoxy groups -OCH3 is 2. The molecule has 0 bridgehead atoms. The molecule has 0 unspecified atom stereocenters. The van der Waals surface area contributed by atoms with Crippen LogP contribution in [0.25, 0.3) is 11.0 Å². The van der Waals surface area contributed by atoms with Crippen LogP contribution in [0.3, 0.4) is 0 Å². The van der Waals surface area contributed by atoms with Crippen LogP contribution in [0.5, 0.6) is 11.5 Å². The molecule has 0 spiro atoms. The van der Waals surface area contributed by atoms with E-state index < -0.39 is 5.20 Å². The first-order chi connectivity index (χ1) is 16.3. The number of ether oxygens (including phenoxy) is 2. The van der Waals surface area contributed by atoms with Gasteiger partial charge in [0.25, 0.3) is 0 Å². The number of anilines is 1. The van der Waals surface area contributed by atoms with Crippen molar-refractivity contribution in [2.24, 2.45) is 0 Å². The van der Waals surface area contributed by atoms with Gasteiger partial charge in [-0.2, -0.15) is 0 Å². The van der Waals surface area contributed by atoms with Gasteiger partial charge in [0.05, 0.1) is 31.8 Å². The Bertz CT molecular complexity index is 1220. The van der Waals surface area contributed by atoms with Gasteiger partial charge in [-0.25, -0.2) is 4.98 Å². The number of imidazole rings is 1. The van der Waals surface area contributed by atoms with Crippen molar-refractivity contribution in [3.8, 4) is 11.5 Å². The van der Waals surface area contributed by atoms with E-state index in [1.165, 1.54) is 0 Å². The van der Waals surface area contributed by atoms with E-state index in [0.717, 1.165) is 33.8 Å². The fraction of sp³-hybridized carbons (Fsp3) is 0.440. The number of benzene rings is 2. The number of para-hydroxylation sites is 1. The molecule has 7 nitrogen and oxygen atoms in total. The number of fused-ring (bicyclic) bond motifs is 2. The molecule has 0 fully saturated rings. The molecule has 0 N–H and O–H groups in total. The molecule has 0 saturated carbocycles. The maximum atomic E-state index is 11.8. The smallest absolute Gasteiger partial charge is 0.339 e. The van der Waals surface area contributed by atoms with Crippen molar-refractivity contribution in [1.82, 2.24) is 9.55 Å². The fourth-order valence-electron chi connectivity index (χ4n) is 3.80. The van der Waals surface area contributed by atoms with Crippen LogP contribution in [-0.2, 0) is 15.8 Å². The summed E-state index contributed by atoms with van der Waals surface area (Å²) in [4.78, 5) is 18.0. The maximum Gasteiger partial charge on any atom is 0.339 e. The number of hydrogen-bond donors (Lipinski definition) is 0. The molecule has 3 aromatic rings. The van der Waals surface area contributed by atoms with E-state index in [-0.39, 0.29) is 32.8 Å². The highest BCUT2D eigenvalue weighted by Crippen LogP contribution is 2.61. The third kappa shape index (κ3) is 9.26. The largest absolute Gasteiger partial charge is 0.496 e. The molecule has 2 aromatic carbocycles. The lowest BCUT2D eigenvalue weighted by molar-refractivity contribution is -0.117. The second-order valence-electron chi connectivity index (χ2n) is 8.06. The minimum Gasteiger partial charge on any atom is -0.496 e. The van der Waals surface area contributed by atoms with Gasteiger partial charge in [-0.3, -0.25) is 9.36 Å². The minimum absolute atomic E-state index is 0. The lowest BCUT2D eigenvalue weighted by Crippen LogP contribution is -2.33. The van der Waals surface area contributed by atoms with Crippen LogP contribution in [-0.4, -0.2) is 35.7 Å². The van der Waals surface area contributed by atoms with Crippen LogP contribution in [0.4, 0.5) is 5.69 Å². The maximum absolute atomic E-state index is 11.8. The average Bonchev–Trinajstić information content (AvgIpc) is 3.27.